The summed E-state index contributed by atoms with van der Waals surface area (Å²) in [6, 6.07) is 0.0606. The lowest BCUT2D eigenvalue weighted by Crippen LogP contribution is -2.58. The van der Waals surface area contributed by atoms with Gasteiger partial charge in [-0.25, -0.2) is 0 Å². The molecular formula is C19H29N3O3. The van der Waals surface area contributed by atoms with Crippen LogP contribution in [0.4, 0.5) is 0 Å². The Morgan fingerprint density at radius 2 is 2.12 bits per heavy atom. The molecule has 25 heavy (non-hydrogen) atoms. The quantitative estimate of drug-likeness (QED) is 0.715. The van der Waals surface area contributed by atoms with Crippen LogP contribution in [0.25, 0.3) is 0 Å². The van der Waals surface area contributed by atoms with Crippen LogP contribution >= 0.6 is 0 Å². The molecule has 0 aromatic heterocycles. The van der Waals surface area contributed by atoms with E-state index in [2.05, 4.69) is 22.8 Å². The molecule has 3 aliphatic rings. The van der Waals surface area contributed by atoms with E-state index in [-0.39, 0.29) is 29.8 Å². The number of likely N-dealkylation sites (tertiary alicyclic amines) is 1. The Balaban J connectivity index is 1.47. The molecule has 3 atom stereocenters. The predicted octanol–water partition coefficient (Wildman–Crippen LogP) is 1.51. The Bertz CT molecular complexity index is 546. The van der Waals surface area contributed by atoms with E-state index in [0.29, 0.717) is 44.6 Å². The van der Waals surface area contributed by atoms with Crippen LogP contribution in [0.5, 0.6) is 0 Å². The molecule has 3 rings (SSSR count). The number of rotatable bonds is 6. The van der Waals surface area contributed by atoms with Crippen molar-refractivity contribution in [3.63, 3.8) is 0 Å². The number of nitrogens with zero attached hydrogens (tertiary/aromatic N) is 1. The zero-order valence-corrected chi connectivity index (χ0v) is 14.8. The maximum absolute atomic E-state index is 12.3. The van der Waals surface area contributed by atoms with E-state index in [9.17, 15) is 14.4 Å². The molecule has 2 N–H and O–H groups in total. The zero-order valence-electron chi connectivity index (χ0n) is 14.8. The fourth-order valence-corrected chi connectivity index (χ4v) is 4.23. The lowest BCUT2D eigenvalue weighted by atomic mass is 9.81. The molecule has 1 aliphatic carbocycles. The molecule has 0 spiro atoms. The van der Waals surface area contributed by atoms with Crippen molar-refractivity contribution in [2.45, 2.75) is 69.9 Å². The fourth-order valence-electron chi connectivity index (χ4n) is 4.23. The van der Waals surface area contributed by atoms with Crippen molar-refractivity contribution in [2.75, 3.05) is 13.1 Å². The minimum Gasteiger partial charge on any atom is -0.351 e. The summed E-state index contributed by atoms with van der Waals surface area (Å²) in [5.74, 6) is 0.740. The van der Waals surface area contributed by atoms with Crippen LogP contribution in [-0.4, -0.2) is 47.8 Å². The maximum Gasteiger partial charge on any atom is 0.222 e. The van der Waals surface area contributed by atoms with Crippen molar-refractivity contribution >= 4 is 17.7 Å². The Morgan fingerprint density at radius 1 is 1.24 bits per heavy atom. The molecule has 2 aliphatic heterocycles. The molecule has 6 heteroatoms. The second kappa shape index (κ2) is 8.50. The SMILES string of the molecule is O=C(CCCN1CCCC1=O)N[C@@H]1CCC(=O)N[C@H]1C1CC=CCC1. The summed E-state index contributed by atoms with van der Waals surface area (Å²) >= 11 is 0. The summed E-state index contributed by atoms with van der Waals surface area (Å²) in [5, 5.41) is 6.25. The van der Waals surface area contributed by atoms with Crippen LogP contribution in [0, 0.1) is 5.92 Å². The van der Waals surface area contributed by atoms with E-state index in [1.807, 2.05) is 4.90 Å². The third kappa shape index (κ3) is 4.83. The van der Waals surface area contributed by atoms with Crippen molar-refractivity contribution in [3.8, 4) is 0 Å². The molecule has 0 radical (unpaired) electrons. The lowest BCUT2D eigenvalue weighted by Gasteiger charge is -2.38. The maximum atomic E-state index is 12.3. The molecule has 2 heterocycles. The number of amides is 3. The number of allylic oxidation sites excluding steroid dienone is 2. The number of hydrogen-bond donors (Lipinski definition) is 2. The number of carbonyl (C=O) groups excluding carboxylic acids is 3. The van der Waals surface area contributed by atoms with Gasteiger partial charge in [0.15, 0.2) is 0 Å². The number of piperidine rings is 1. The minimum atomic E-state index is 0.0233. The topological polar surface area (TPSA) is 78.5 Å². The van der Waals surface area contributed by atoms with Gasteiger partial charge >= 0.3 is 0 Å². The van der Waals surface area contributed by atoms with Gasteiger partial charge < -0.3 is 15.5 Å². The molecular weight excluding hydrogens is 318 g/mol. The number of nitrogens with one attached hydrogen (secondary N) is 2. The van der Waals surface area contributed by atoms with Crippen molar-refractivity contribution < 1.29 is 14.4 Å². The largest absolute Gasteiger partial charge is 0.351 e. The zero-order chi connectivity index (χ0) is 17.6. The molecule has 0 bridgehead atoms. The first-order chi connectivity index (χ1) is 12.1. The summed E-state index contributed by atoms with van der Waals surface area (Å²) in [7, 11) is 0. The van der Waals surface area contributed by atoms with Gasteiger partial charge in [0.25, 0.3) is 0 Å². The second-order valence-corrected chi connectivity index (χ2v) is 7.44. The standard InChI is InChI=1S/C19H29N3O3/c23-16(8-4-12-22-13-5-9-18(22)25)20-15-10-11-17(24)21-19(15)14-6-2-1-3-7-14/h1-2,14-15,19H,3-13H2,(H,20,23)(H,21,24)/t14?,15-,19+/m1/s1. The third-order valence-electron chi connectivity index (χ3n) is 5.61. The van der Waals surface area contributed by atoms with Crippen molar-refractivity contribution in [3.05, 3.63) is 12.2 Å². The molecule has 0 aromatic rings. The van der Waals surface area contributed by atoms with Crippen LogP contribution in [0.2, 0.25) is 0 Å². The predicted molar refractivity (Wildman–Crippen MR) is 94.6 cm³/mol. The van der Waals surface area contributed by atoms with Gasteiger partial charge in [0.1, 0.15) is 0 Å². The van der Waals surface area contributed by atoms with Gasteiger partial charge in [-0.3, -0.25) is 14.4 Å². The lowest BCUT2D eigenvalue weighted by molar-refractivity contribution is -0.129. The Labute approximate surface area is 149 Å². The normalized spacial score (nSPS) is 29.6. The highest BCUT2D eigenvalue weighted by Crippen LogP contribution is 2.27. The second-order valence-electron chi connectivity index (χ2n) is 7.44. The van der Waals surface area contributed by atoms with Crippen LogP contribution in [-0.2, 0) is 14.4 Å². The van der Waals surface area contributed by atoms with Gasteiger partial charge in [-0.2, -0.15) is 0 Å². The number of hydrogen-bond acceptors (Lipinski definition) is 3. The minimum absolute atomic E-state index is 0.0233. The average Bonchev–Trinajstić information content (AvgIpc) is 3.02. The van der Waals surface area contributed by atoms with Gasteiger partial charge in [-0.05, 0) is 44.4 Å². The summed E-state index contributed by atoms with van der Waals surface area (Å²) in [6.07, 6.45) is 11.4. The highest BCUT2D eigenvalue weighted by atomic mass is 16.2. The first-order valence-corrected chi connectivity index (χ1v) is 9.65. The molecule has 138 valence electrons. The Hall–Kier alpha value is -1.85. The highest BCUT2D eigenvalue weighted by molar-refractivity contribution is 5.80. The third-order valence-corrected chi connectivity index (χ3v) is 5.61. The molecule has 2 fully saturated rings. The first kappa shape index (κ1) is 18.0. The van der Waals surface area contributed by atoms with Gasteiger partial charge in [0.2, 0.25) is 17.7 Å². The van der Waals surface area contributed by atoms with Crippen molar-refractivity contribution in [2.24, 2.45) is 5.92 Å². The van der Waals surface area contributed by atoms with Crippen molar-refractivity contribution in [1.82, 2.24) is 15.5 Å². The molecule has 0 saturated carbocycles. The molecule has 2 saturated heterocycles. The summed E-state index contributed by atoms with van der Waals surface area (Å²) in [4.78, 5) is 37.6. The highest BCUT2D eigenvalue weighted by Gasteiger charge is 2.35. The molecule has 6 nitrogen and oxygen atoms in total. The van der Waals surface area contributed by atoms with E-state index >= 15 is 0 Å². The van der Waals surface area contributed by atoms with E-state index < -0.39 is 0 Å². The Kier molecular flexibility index (Phi) is 6.10. The molecule has 3 amide bonds. The monoisotopic (exact) mass is 347 g/mol. The van der Waals surface area contributed by atoms with E-state index in [0.717, 1.165) is 32.2 Å². The van der Waals surface area contributed by atoms with Gasteiger partial charge in [-0.15, -0.1) is 0 Å². The average molecular weight is 347 g/mol. The first-order valence-electron chi connectivity index (χ1n) is 9.65. The van der Waals surface area contributed by atoms with Crippen molar-refractivity contribution in [1.29, 1.82) is 0 Å². The Morgan fingerprint density at radius 3 is 2.84 bits per heavy atom. The summed E-state index contributed by atoms with van der Waals surface area (Å²) < 4.78 is 0. The molecule has 1 unspecified atom stereocenters. The fraction of sp³-hybridized carbons (Fsp3) is 0.737. The smallest absolute Gasteiger partial charge is 0.222 e. The van der Waals surface area contributed by atoms with Gasteiger partial charge in [0.05, 0.1) is 6.04 Å². The van der Waals surface area contributed by atoms with Crippen LogP contribution in [0.1, 0.15) is 57.8 Å². The van der Waals surface area contributed by atoms with Crippen LogP contribution < -0.4 is 10.6 Å². The van der Waals surface area contributed by atoms with Crippen LogP contribution in [0.15, 0.2) is 12.2 Å². The van der Waals surface area contributed by atoms with E-state index in [1.54, 1.807) is 0 Å². The summed E-state index contributed by atoms with van der Waals surface area (Å²) in [6.45, 7) is 1.50. The van der Waals surface area contributed by atoms with E-state index in [4.69, 9.17) is 0 Å². The number of carbonyl (C=O) groups is 3. The van der Waals surface area contributed by atoms with Crippen LogP contribution in [0.3, 0.4) is 0 Å². The molecule has 0 aromatic carbocycles. The van der Waals surface area contributed by atoms with Gasteiger partial charge in [-0.1, -0.05) is 12.2 Å². The van der Waals surface area contributed by atoms with E-state index in [1.165, 1.54) is 0 Å². The van der Waals surface area contributed by atoms with Gasteiger partial charge in [0, 0.05) is 38.4 Å². The summed E-state index contributed by atoms with van der Waals surface area (Å²) in [5.41, 5.74) is 0.